The maximum Gasteiger partial charge on any atom is 0.336 e. The number of ketones is 1. The summed E-state index contributed by atoms with van der Waals surface area (Å²) in [4.78, 5) is 51.8. The molecule has 1 N–H and O–H groups in total. The van der Waals surface area contributed by atoms with Gasteiger partial charge in [-0.05, 0) is 25.5 Å². The highest BCUT2D eigenvalue weighted by Crippen LogP contribution is 2.16. The van der Waals surface area contributed by atoms with Gasteiger partial charge in [0.1, 0.15) is 0 Å². The molecule has 2 amide bonds. The Kier molecular flexibility index (Phi) is 8.86. The molecule has 10 nitrogen and oxygen atoms in total. The fourth-order valence-electron chi connectivity index (χ4n) is 2.92. The molecule has 1 aromatic carbocycles. The van der Waals surface area contributed by atoms with Crippen molar-refractivity contribution in [3.8, 4) is 5.69 Å². The topological polar surface area (TPSA) is 123 Å². The normalized spacial score (nSPS) is 11.5. The number of para-hydroxylation sites is 1. The first-order valence-corrected chi connectivity index (χ1v) is 10.0. The first kappa shape index (κ1) is 23.7. The van der Waals surface area contributed by atoms with Crippen LogP contribution < -0.4 is 5.32 Å². The van der Waals surface area contributed by atoms with Gasteiger partial charge in [-0.3, -0.25) is 14.4 Å². The molecule has 0 radical (unpaired) electrons. The molecule has 1 aromatic heterocycles. The minimum atomic E-state index is -1.36. The first-order valence-electron chi connectivity index (χ1n) is 10.0. The van der Waals surface area contributed by atoms with Crippen molar-refractivity contribution in [2.45, 2.75) is 39.2 Å². The number of rotatable bonds is 11. The zero-order valence-electron chi connectivity index (χ0n) is 17.9. The lowest BCUT2D eigenvalue weighted by Crippen LogP contribution is -2.47. The third kappa shape index (κ3) is 6.46. The van der Waals surface area contributed by atoms with Gasteiger partial charge in [0.2, 0.25) is 5.91 Å². The number of aromatic nitrogens is 3. The van der Waals surface area contributed by atoms with E-state index in [9.17, 15) is 19.2 Å². The van der Waals surface area contributed by atoms with Crippen molar-refractivity contribution in [3.63, 3.8) is 0 Å². The van der Waals surface area contributed by atoms with Crippen molar-refractivity contribution in [2.24, 2.45) is 0 Å². The predicted molar refractivity (Wildman–Crippen MR) is 111 cm³/mol. The maximum atomic E-state index is 13.3. The van der Waals surface area contributed by atoms with E-state index in [1.54, 1.807) is 29.2 Å². The summed E-state index contributed by atoms with van der Waals surface area (Å²) in [7, 11) is 1.14. The molecule has 0 fully saturated rings. The maximum absolute atomic E-state index is 13.3. The van der Waals surface area contributed by atoms with E-state index in [1.165, 1.54) is 24.1 Å². The van der Waals surface area contributed by atoms with Gasteiger partial charge in [-0.2, -0.15) is 15.0 Å². The molecule has 31 heavy (non-hydrogen) atoms. The van der Waals surface area contributed by atoms with Gasteiger partial charge >= 0.3 is 5.97 Å². The molecule has 0 aliphatic heterocycles. The number of methoxy groups -OCH3 is 1. The number of hydrogen-bond acceptors (Lipinski definition) is 7. The average molecular weight is 429 g/mol. The van der Waals surface area contributed by atoms with Crippen molar-refractivity contribution < 1.29 is 23.9 Å². The van der Waals surface area contributed by atoms with E-state index in [1.807, 2.05) is 6.92 Å². The van der Waals surface area contributed by atoms with Gasteiger partial charge in [0.25, 0.3) is 5.91 Å². The van der Waals surface area contributed by atoms with Crippen LogP contribution in [-0.4, -0.2) is 69.7 Å². The number of nitrogens with zero attached hydrogens (tertiary/aromatic N) is 4. The summed E-state index contributed by atoms with van der Waals surface area (Å²) in [6, 6.07) is 5.60. The highest BCUT2D eigenvalue weighted by Gasteiger charge is 2.27. The van der Waals surface area contributed by atoms with Crippen molar-refractivity contribution in [1.82, 2.24) is 25.2 Å². The van der Waals surface area contributed by atoms with E-state index in [0.717, 1.165) is 20.0 Å². The van der Waals surface area contributed by atoms with E-state index < -0.39 is 23.7 Å². The Morgan fingerprint density at radius 1 is 1.13 bits per heavy atom. The number of unbranched alkanes of at least 4 members (excludes halogenated alkanes) is 1. The van der Waals surface area contributed by atoms with Crippen molar-refractivity contribution in [1.29, 1.82) is 0 Å². The minimum Gasteiger partial charge on any atom is -0.467 e. The molecule has 0 bridgehead atoms. The van der Waals surface area contributed by atoms with Gasteiger partial charge < -0.3 is 15.0 Å². The fraction of sp³-hybridized carbons (Fsp3) is 0.429. The van der Waals surface area contributed by atoms with Crippen molar-refractivity contribution in [3.05, 3.63) is 42.2 Å². The Hall–Kier alpha value is -3.56. The quantitative estimate of drug-likeness (QED) is 0.420. The third-order valence-electron chi connectivity index (χ3n) is 4.59. The van der Waals surface area contributed by atoms with Crippen molar-refractivity contribution >= 4 is 23.6 Å². The number of carbonyl (C=O) groups excluding carboxylic acids is 4. The molecule has 2 aromatic rings. The van der Waals surface area contributed by atoms with Crippen LogP contribution in [0.5, 0.6) is 0 Å². The largest absolute Gasteiger partial charge is 0.467 e. The van der Waals surface area contributed by atoms with E-state index in [0.29, 0.717) is 17.8 Å². The lowest BCUT2D eigenvalue weighted by Gasteiger charge is -2.24. The number of amides is 2. The molecule has 0 saturated carbocycles. The van der Waals surface area contributed by atoms with Gasteiger partial charge in [0.05, 0.1) is 30.8 Å². The number of nitrogens with one attached hydrogen (secondary N) is 1. The van der Waals surface area contributed by atoms with Crippen LogP contribution >= 0.6 is 0 Å². The molecule has 0 aliphatic carbocycles. The summed E-state index contributed by atoms with van der Waals surface area (Å²) in [5, 5.41) is 10.6. The zero-order chi connectivity index (χ0) is 22.8. The van der Waals surface area contributed by atoms with Crippen LogP contribution in [0.2, 0.25) is 0 Å². The number of hydrogen-bond donors (Lipinski definition) is 1. The second-order valence-electron chi connectivity index (χ2n) is 6.87. The van der Waals surface area contributed by atoms with Gasteiger partial charge in [-0.1, -0.05) is 25.5 Å². The van der Waals surface area contributed by atoms with Gasteiger partial charge in [0, 0.05) is 19.5 Å². The molecule has 0 aliphatic rings. The Balaban J connectivity index is 2.14. The van der Waals surface area contributed by atoms with Crippen LogP contribution in [-0.2, 0) is 19.1 Å². The fourth-order valence-corrected chi connectivity index (χ4v) is 2.92. The summed E-state index contributed by atoms with van der Waals surface area (Å²) in [6.07, 6.45) is 4.60. The Labute approximate surface area is 180 Å². The molecule has 2 rings (SSSR count). The van der Waals surface area contributed by atoms with E-state index in [-0.39, 0.29) is 18.9 Å². The molecule has 0 spiro atoms. The number of benzene rings is 1. The van der Waals surface area contributed by atoms with Crippen molar-refractivity contribution in [2.75, 3.05) is 20.2 Å². The third-order valence-corrected chi connectivity index (χ3v) is 4.59. The molecule has 1 atom stereocenters. The zero-order valence-corrected chi connectivity index (χ0v) is 17.9. The average Bonchev–Trinajstić information content (AvgIpc) is 3.31. The summed E-state index contributed by atoms with van der Waals surface area (Å²) in [6.45, 7) is 3.78. The SMILES string of the molecule is CCCCN(CCC(=O)NC(C(C)=O)C(=O)OC)C(=O)c1ccccc1-n1nccn1. The molecule has 10 heteroatoms. The highest BCUT2D eigenvalue weighted by molar-refractivity contribution is 6.04. The number of esters is 1. The monoisotopic (exact) mass is 429 g/mol. The summed E-state index contributed by atoms with van der Waals surface area (Å²) < 4.78 is 4.54. The molecule has 1 unspecified atom stereocenters. The first-order chi connectivity index (χ1) is 14.9. The lowest BCUT2D eigenvalue weighted by molar-refractivity contribution is -0.148. The summed E-state index contributed by atoms with van der Waals surface area (Å²) in [5.74, 6) is -2.15. The second-order valence-corrected chi connectivity index (χ2v) is 6.87. The molecular formula is C21H27N5O5. The number of ether oxygens (including phenoxy) is 1. The smallest absolute Gasteiger partial charge is 0.336 e. The lowest BCUT2D eigenvalue weighted by atomic mass is 10.1. The second kappa shape index (κ2) is 11.6. The Morgan fingerprint density at radius 2 is 1.81 bits per heavy atom. The van der Waals surface area contributed by atoms with Gasteiger partial charge in [-0.25, -0.2) is 4.79 Å². The van der Waals surface area contributed by atoms with Crippen LogP contribution in [0, 0.1) is 0 Å². The van der Waals surface area contributed by atoms with Crippen LogP contribution in [0.15, 0.2) is 36.7 Å². The van der Waals surface area contributed by atoms with E-state index >= 15 is 0 Å². The number of Topliss-reactive ketones (excluding diaryl/α,β-unsaturated/α-hetero) is 1. The van der Waals surface area contributed by atoms with Crippen LogP contribution in [0.25, 0.3) is 5.69 Å². The molecule has 166 valence electrons. The van der Waals surface area contributed by atoms with Gasteiger partial charge in [-0.15, -0.1) is 0 Å². The van der Waals surface area contributed by atoms with Crippen LogP contribution in [0.4, 0.5) is 0 Å². The molecule has 1 heterocycles. The van der Waals surface area contributed by atoms with E-state index in [4.69, 9.17) is 0 Å². The summed E-state index contributed by atoms with van der Waals surface area (Å²) >= 11 is 0. The van der Waals surface area contributed by atoms with E-state index in [2.05, 4.69) is 20.3 Å². The molecule has 0 saturated heterocycles. The minimum absolute atomic E-state index is 0.0710. The Morgan fingerprint density at radius 3 is 2.42 bits per heavy atom. The van der Waals surface area contributed by atoms with Gasteiger partial charge in [0.15, 0.2) is 11.8 Å². The van der Waals surface area contributed by atoms with Crippen LogP contribution in [0.1, 0.15) is 43.5 Å². The predicted octanol–water partition coefficient (Wildman–Crippen LogP) is 1.15. The highest BCUT2D eigenvalue weighted by atomic mass is 16.5. The molecular weight excluding hydrogens is 402 g/mol. The number of carbonyl (C=O) groups is 4. The standard InChI is InChI=1S/C21H27N5O5/c1-4-5-13-25(14-10-18(28)24-19(15(2)27)21(30)31-3)20(29)16-8-6-7-9-17(16)26-22-11-12-23-26/h6-9,11-12,19H,4-5,10,13-14H2,1-3H3,(H,24,28). The summed E-state index contributed by atoms with van der Waals surface area (Å²) in [5.41, 5.74) is 0.942. The Bertz CT molecular complexity index is 913. The van der Waals surface area contributed by atoms with Crippen LogP contribution in [0.3, 0.4) is 0 Å².